The average Bonchev–Trinajstić information content (AvgIpc) is 3.89. The van der Waals surface area contributed by atoms with Crippen LogP contribution in [0.5, 0.6) is 0 Å². The molecule has 0 fully saturated rings. The first-order chi connectivity index (χ1) is 31.7. The highest BCUT2D eigenvalue weighted by Gasteiger charge is 2.56. The number of anilines is 3. The van der Waals surface area contributed by atoms with E-state index in [1.807, 2.05) is 11.3 Å². The molecule has 0 bridgehead atoms. The molecule has 2 heteroatoms. The van der Waals surface area contributed by atoms with Crippen molar-refractivity contribution in [2.24, 2.45) is 0 Å². The molecule has 300 valence electrons. The van der Waals surface area contributed by atoms with Gasteiger partial charge >= 0.3 is 0 Å². The number of thiophene rings is 1. The molecule has 2 aliphatic carbocycles. The van der Waals surface area contributed by atoms with Gasteiger partial charge in [0.05, 0.1) is 10.8 Å². The van der Waals surface area contributed by atoms with Gasteiger partial charge in [0.1, 0.15) is 0 Å². The molecule has 0 aliphatic heterocycles. The topological polar surface area (TPSA) is 3.24 Å². The van der Waals surface area contributed by atoms with Crippen molar-refractivity contribution in [2.75, 3.05) is 4.90 Å². The maximum Gasteiger partial charge on any atom is 0.0720 e. The van der Waals surface area contributed by atoms with E-state index >= 15 is 0 Å². The molecule has 0 N–H and O–H groups in total. The van der Waals surface area contributed by atoms with Crippen molar-refractivity contribution in [1.29, 1.82) is 0 Å². The number of nitrogens with zero attached hydrogens (tertiary/aromatic N) is 1. The number of rotatable bonds is 6. The molecular weight excluding hydrogens is 791 g/mol. The van der Waals surface area contributed by atoms with E-state index < -0.39 is 10.8 Å². The van der Waals surface area contributed by atoms with Crippen LogP contribution in [-0.4, -0.2) is 0 Å². The molecule has 0 radical (unpaired) electrons. The van der Waals surface area contributed by atoms with E-state index in [4.69, 9.17) is 0 Å². The molecule has 0 saturated heterocycles. The van der Waals surface area contributed by atoms with E-state index in [1.54, 1.807) is 0 Å². The summed E-state index contributed by atoms with van der Waals surface area (Å²) in [5, 5.41) is 2.57. The van der Waals surface area contributed by atoms with Gasteiger partial charge in [0, 0.05) is 37.2 Å². The zero-order chi connectivity index (χ0) is 42.2. The van der Waals surface area contributed by atoms with E-state index in [0.29, 0.717) is 0 Å². The average molecular weight is 832 g/mol. The quantitative estimate of drug-likeness (QED) is 0.161. The van der Waals surface area contributed by atoms with Crippen molar-refractivity contribution in [3.63, 3.8) is 0 Å². The Morgan fingerprint density at radius 3 is 1.39 bits per heavy atom. The van der Waals surface area contributed by atoms with Gasteiger partial charge in [0.15, 0.2) is 0 Å². The molecule has 0 unspecified atom stereocenters. The summed E-state index contributed by atoms with van der Waals surface area (Å²) >= 11 is 1.86. The Bertz CT molecular complexity index is 3460. The minimum Gasteiger partial charge on any atom is -0.310 e. The molecule has 1 aromatic heterocycles. The Kier molecular flexibility index (Phi) is 8.28. The zero-order valence-electron chi connectivity index (χ0n) is 35.0. The summed E-state index contributed by atoms with van der Waals surface area (Å²) < 4.78 is 2.60. The molecule has 13 rings (SSSR count). The van der Waals surface area contributed by atoms with Gasteiger partial charge in [-0.25, -0.2) is 0 Å². The van der Waals surface area contributed by atoms with Crippen LogP contribution in [0.3, 0.4) is 0 Å². The lowest BCUT2D eigenvalue weighted by Crippen LogP contribution is -2.44. The van der Waals surface area contributed by atoms with E-state index in [0.717, 1.165) is 17.1 Å². The number of hydrogen-bond donors (Lipinski definition) is 0. The largest absolute Gasteiger partial charge is 0.310 e. The molecule has 1 spiro atoms. The van der Waals surface area contributed by atoms with Crippen LogP contribution in [0.4, 0.5) is 17.1 Å². The number of hydrogen-bond acceptors (Lipinski definition) is 2. The predicted molar refractivity (Wildman–Crippen MR) is 269 cm³/mol. The first-order valence-electron chi connectivity index (χ1n) is 22.2. The van der Waals surface area contributed by atoms with Crippen LogP contribution in [0, 0.1) is 0 Å². The summed E-state index contributed by atoms with van der Waals surface area (Å²) in [6.07, 6.45) is 0. The third-order valence-electron chi connectivity index (χ3n) is 14.0. The fourth-order valence-electron chi connectivity index (χ4n) is 11.5. The van der Waals surface area contributed by atoms with Gasteiger partial charge < -0.3 is 4.90 Å². The second-order valence-electron chi connectivity index (χ2n) is 17.1. The molecular formula is C62H41NS. The van der Waals surface area contributed by atoms with Crippen LogP contribution in [0.25, 0.3) is 42.4 Å². The Morgan fingerprint density at radius 1 is 0.281 bits per heavy atom. The highest BCUT2D eigenvalue weighted by Crippen LogP contribution is 2.65. The summed E-state index contributed by atoms with van der Waals surface area (Å²) in [5.41, 5.74) is 17.6. The van der Waals surface area contributed by atoms with Gasteiger partial charge in [-0.1, -0.05) is 200 Å². The molecule has 10 aromatic carbocycles. The number of benzene rings is 10. The van der Waals surface area contributed by atoms with E-state index in [-0.39, 0.29) is 0 Å². The van der Waals surface area contributed by atoms with Gasteiger partial charge in [-0.3, -0.25) is 0 Å². The van der Waals surface area contributed by atoms with E-state index in [1.165, 1.54) is 86.9 Å². The van der Waals surface area contributed by atoms with Gasteiger partial charge in [0.2, 0.25) is 0 Å². The smallest absolute Gasteiger partial charge is 0.0720 e. The van der Waals surface area contributed by atoms with Gasteiger partial charge in [-0.05, 0) is 115 Å². The second-order valence-corrected chi connectivity index (χ2v) is 18.2. The van der Waals surface area contributed by atoms with Crippen molar-refractivity contribution in [3.05, 3.63) is 293 Å². The Balaban J connectivity index is 1.10. The third kappa shape index (κ3) is 5.18. The van der Waals surface area contributed by atoms with Gasteiger partial charge in [-0.2, -0.15) is 0 Å². The highest BCUT2D eigenvalue weighted by molar-refractivity contribution is 7.25. The SMILES string of the molecule is c1ccc(-c2ccc(N(c3ccc4c(c3)C3(c5ccccc5-4)c4ccccc4C(c4ccccc4)(c4ccccc4)c4ccccc43)c3ccc4sc5ccccc5c4c3)cc2)cc1. The van der Waals surface area contributed by atoms with Crippen LogP contribution in [-0.2, 0) is 10.8 Å². The molecule has 11 aromatic rings. The predicted octanol–water partition coefficient (Wildman–Crippen LogP) is 16.3. The van der Waals surface area contributed by atoms with Crippen molar-refractivity contribution in [1.82, 2.24) is 0 Å². The Morgan fingerprint density at radius 2 is 0.734 bits per heavy atom. The molecule has 1 heterocycles. The summed E-state index contributed by atoms with van der Waals surface area (Å²) in [7, 11) is 0. The lowest BCUT2D eigenvalue weighted by Gasteiger charge is -2.50. The minimum atomic E-state index is -0.599. The van der Waals surface area contributed by atoms with Crippen LogP contribution < -0.4 is 4.90 Å². The minimum absolute atomic E-state index is 0.554. The zero-order valence-corrected chi connectivity index (χ0v) is 35.8. The van der Waals surface area contributed by atoms with Crippen LogP contribution in [0.1, 0.15) is 44.5 Å². The first-order valence-corrected chi connectivity index (χ1v) is 23.0. The molecule has 0 amide bonds. The lowest BCUT2D eigenvalue weighted by atomic mass is 9.51. The van der Waals surface area contributed by atoms with E-state index in [2.05, 4.69) is 254 Å². The maximum atomic E-state index is 2.52. The normalized spacial score (nSPS) is 13.9. The molecule has 64 heavy (non-hydrogen) atoms. The molecule has 2 aliphatic rings. The van der Waals surface area contributed by atoms with E-state index in [9.17, 15) is 0 Å². The maximum absolute atomic E-state index is 2.52. The lowest BCUT2D eigenvalue weighted by molar-refractivity contribution is 0.623. The fraction of sp³-hybridized carbons (Fsp3) is 0.0323. The van der Waals surface area contributed by atoms with Gasteiger partial charge in [-0.15, -0.1) is 11.3 Å². The third-order valence-corrected chi connectivity index (χ3v) is 15.2. The standard InChI is InChI=1S/C62H41NS/c1-4-18-42(19-5-1)43-32-34-46(35-33-43)63(47-37-39-60-52(40-47)51-25-11-17-31-59(51)64-60)48-36-38-50-49-24-10-12-26-53(49)62(58(50)41-48)56-29-15-13-27-54(56)61(44-20-6-2-7-21-44,45-22-8-3-9-23-45)55-28-14-16-30-57(55)62/h1-41H. The van der Waals surface area contributed by atoms with Crippen molar-refractivity contribution >= 4 is 48.6 Å². The van der Waals surface area contributed by atoms with Crippen molar-refractivity contribution in [2.45, 2.75) is 10.8 Å². The monoisotopic (exact) mass is 831 g/mol. The Hall–Kier alpha value is -7.78. The molecule has 0 atom stereocenters. The number of fused-ring (bicyclic) bond motifs is 12. The fourth-order valence-corrected chi connectivity index (χ4v) is 12.5. The van der Waals surface area contributed by atoms with Crippen molar-refractivity contribution in [3.8, 4) is 22.3 Å². The highest BCUT2D eigenvalue weighted by atomic mass is 32.1. The molecule has 1 nitrogen and oxygen atoms in total. The van der Waals surface area contributed by atoms with Gasteiger partial charge in [0.25, 0.3) is 0 Å². The first kappa shape index (κ1) is 36.8. The summed E-state index contributed by atoms with van der Waals surface area (Å²) in [6.45, 7) is 0. The Labute approximate surface area is 377 Å². The van der Waals surface area contributed by atoms with Crippen molar-refractivity contribution < 1.29 is 0 Å². The summed E-state index contributed by atoms with van der Waals surface area (Å²) in [5.74, 6) is 0. The second kappa shape index (κ2) is 14.4. The van der Waals surface area contributed by atoms with Crippen LogP contribution in [0.15, 0.2) is 249 Å². The summed E-state index contributed by atoms with van der Waals surface area (Å²) in [6, 6.07) is 92.9. The van der Waals surface area contributed by atoms with Crippen LogP contribution in [0.2, 0.25) is 0 Å². The summed E-state index contributed by atoms with van der Waals surface area (Å²) in [4.78, 5) is 2.47. The molecule has 0 saturated carbocycles. The van der Waals surface area contributed by atoms with Crippen LogP contribution >= 0.6 is 11.3 Å².